The average Bonchev–Trinajstić information content (AvgIpc) is 1.90. The third-order valence-corrected chi connectivity index (χ3v) is 2.42. The highest BCUT2D eigenvalue weighted by Crippen LogP contribution is 2.25. The van der Waals surface area contributed by atoms with Crippen LogP contribution in [0.1, 0.15) is 39.0 Å². The van der Waals surface area contributed by atoms with Crippen LogP contribution in [0, 0.1) is 5.92 Å². The summed E-state index contributed by atoms with van der Waals surface area (Å²) in [6, 6.07) is 0.271. The molecule has 0 amide bonds. The summed E-state index contributed by atoms with van der Waals surface area (Å²) in [5, 5.41) is 0. The van der Waals surface area contributed by atoms with Gasteiger partial charge in [-0.15, -0.1) is 0 Å². The van der Waals surface area contributed by atoms with Gasteiger partial charge in [0.15, 0.2) is 0 Å². The van der Waals surface area contributed by atoms with E-state index in [-0.39, 0.29) is 6.04 Å². The Morgan fingerprint density at radius 1 is 1.22 bits per heavy atom. The van der Waals surface area contributed by atoms with Gasteiger partial charge in [0.2, 0.25) is 0 Å². The largest absolute Gasteiger partial charge is 0.255 e. The maximum atomic E-state index is 7.44. The summed E-state index contributed by atoms with van der Waals surface area (Å²) in [5.41, 5.74) is 7.44. The quantitative estimate of drug-likeness (QED) is 0.514. The van der Waals surface area contributed by atoms with Crippen LogP contribution < -0.4 is 5.73 Å². The van der Waals surface area contributed by atoms with Crippen LogP contribution in [-0.2, 0) is 0 Å². The first-order valence-corrected chi connectivity index (χ1v) is 4.04. The van der Waals surface area contributed by atoms with E-state index < -0.39 is 0 Å². The molecule has 0 spiro atoms. The zero-order chi connectivity index (χ0) is 6.69. The minimum Gasteiger partial charge on any atom is -0.255 e. The lowest BCUT2D eigenvalue weighted by molar-refractivity contribution is 0.314. The summed E-state index contributed by atoms with van der Waals surface area (Å²) in [4.78, 5) is 0. The van der Waals surface area contributed by atoms with E-state index in [2.05, 4.69) is 6.92 Å². The maximum absolute atomic E-state index is 7.44. The Bertz CT molecular complexity index is 72.6. The first kappa shape index (κ1) is 7.07. The normalized spacial score (nSPS) is 36.7. The standard InChI is InChI=1S/C8H16N/c1-2-7-3-5-8(9)6-4-7/h7-9H,2-6H2,1H3. The van der Waals surface area contributed by atoms with Crippen molar-refractivity contribution in [3.05, 3.63) is 0 Å². The second-order valence-corrected chi connectivity index (χ2v) is 3.13. The molecular weight excluding hydrogens is 110 g/mol. The number of hydrogen-bond donors (Lipinski definition) is 0. The molecule has 0 heterocycles. The molecule has 1 nitrogen and oxygen atoms in total. The summed E-state index contributed by atoms with van der Waals surface area (Å²) in [6.07, 6.45) is 6.25. The Morgan fingerprint density at radius 3 is 2.22 bits per heavy atom. The first-order valence-electron chi connectivity index (χ1n) is 4.04. The first-order chi connectivity index (χ1) is 4.33. The Kier molecular flexibility index (Phi) is 2.52. The predicted molar refractivity (Wildman–Crippen MR) is 39.1 cm³/mol. The molecule has 0 aliphatic heterocycles. The van der Waals surface area contributed by atoms with Crippen LogP contribution in [0.3, 0.4) is 0 Å². The molecule has 1 radical (unpaired) electrons. The molecule has 0 bridgehead atoms. The minimum atomic E-state index is 0.271. The van der Waals surface area contributed by atoms with Crippen LogP contribution in [0.4, 0.5) is 0 Å². The molecule has 0 saturated heterocycles. The minimum absolute atomic E-state index is 0.271. The molecular formula is C8H16N. The van der Waals surface area contributed by atoms with Crippen molar-refractivity contribution in [2.45, 2.75) is 45.1 Å². The van der Waals surface area contributed by atoms with Crippen molar-refractivity contribution < 1.29 is 0 Å². The Hall–Kier alpha value is -0.0400. The van der Waals surface area contributed by atoms with Crippen LogP contribution in [0.5, 0.6) is 0 Å². The fourth-order valence-corrected chi connectivity index (χ4v) is 1.57. The van der Waals surface area contributed by atoms with Gasteiger partial charge in [0.1, 0.15) is 0 Å². The fraction of sp³-hybridized carbons (Fsp3) is 1.00. The van der Waals surface area contributed by atoms with Crippen molar-refractivity contribution >= 4 is 0 Å². The zero-order valence-corrected chi connectivity index (χ0v) is 6.19. The molecule has 0 aromatic heterocycles. The summed E-state index contributed by atoms with van der Waals surface area (Å²) >= 11 is 0. The van der Waals surface area contributed by atoms with Crippen molar-refractivity contribution in [1.29, 1.82) is 0 Å². The van der Waals surface area contributed by atoms with Gasteiger partial charge >= 0.3 is 0 Å². The average molecular weight is 126 g/mol. The number of hydrogen-bond acceptors (Lipinski definition) is 0. The lowest BCUT2D eigenvalue weighted by atomic mass is 9.85. The highest BCUT2D eigenvalue weighted by molar-refractivity contribution is 4.72. The number of nitrogens with one attached hydrogen (secondary N) is 1. The van der Waals surface area contributed by atoms with Crippen LogP contribution in [0.25, 0.3) is 0 Å². The SMILES string of the molecule is CCC1CCC([NH])CC1. The Balaban J connectivity index is 2.18. The van der Waals surface area contributed by atoms with Crippen molar-refractivity contribution in [2.24, 2.45) is 5.92 Å². The molecule has 0 aromatic rings. The van der Waals surface area contributed by atoms with Gasteiger partial charge in [-0.1, -0.05) is 13.3 Å². The molecule has 0 atom stereocenters. The molecule has 1 aliphatic rings. The van der Waals surface area contributed by atoms with Gasteiger partial charge in [0.25, 0.3) is 0 Å². The third-order valence-electron chi connectivity index (χ3n) is 2.42. The lowest BCUT2D eigenvalue weighted by Crippen LogP contribution is -2.18. The Labute approximate surface area is 57.6 Å². The van der Waals surface area contributed by atoms with Gasteiger partial charge in [-0.25, -0.2) is 0 Å². The zero-order valence-electron chi connectivity index (χ0n) is 6.19. The van der Waals surface area contributed by atoms with Gasteiger partial charge in [-0.05, 0) is 31.6 Å². The third kappa shape index (κ3) is 1.98. The highest BCUT2D eigenvalue weighted by atomic mass is 14.6. The van der Waals surface area contributed by atoms with Crippen LogP contribution in [-0.4, -0.2) is 6.04 Å². The molecule has 0 unspecified atom stereocenters. The van der Waals surface area contributed by atoms with E-state index in [0.29, 0.717) is 0 Å². The van der Waals surface area contributed by atoms with Gasteiger partial charge in [0, 0.05) is 6.04 Å². The molecule has 1 saturated carbocycles. The van der Waals surface area contributed by atoms with Crippen LogP contribution in [0.15, 0.2) is 0 Å². The van der Waals surface area contributed by atoms with Crippen molar-refractivity contribution in [2.75, 3.05) is 0 Å². The second-order valence-electron chi connectivity index (χ2n) is 3.13. The fourth-order valence-electron chi connectivity index (χ4n) is 1.57. The molecule has 1 heteroatoms. The van der Waals surface area contributed by atoms with E-state index in [0.717, 1.165) is 18.8 Å². The Morgan fingerprint density at radius 2 is 1.78 bits per heavy atom. The van der Waals surface area contributed by atoms with E-state index >= 15 is 0 Å². The molecule has 53 valence electrons. The van der Waals surface area contributed by atoms with Gasteiger partial charge < -0.3 is 0 Å². The van der Waals surface area contributed by atoms with E-state index in [1.54, 1.807) is 0 Å². The maximum Gasteiger partial charge on any atom is 0.0213 e. The van der Waals surface area contributed by atoms with Crippen molar-refractivity contribution in [1.82, 2.24) is 5.73 Å². The molecule has 1 fully saturated rings. The smallest absolute Gasteiger partial charge is 0.0213 e. The molecule has 1 rings (SSSR count). The van der Waals surface area contributed by atoms with Gasteiger partial charge in [-0.3, -0.25) is 5.73 Å². The summed E-state index contributed by atoms with van der Waals surface area (Å²) < 4.78 is 0. The van der Waals surface area contributed by atoms with E-state index in [9.17, 15) is 0 Å². The predicted octanol–water partition coefficient (Wildman–Crippen LogP) is 2.24. The summed E-state index contributed by atoms with van der Waals surface area (Å²) in [5.74, 6) is 0.951. The highest BCUT2D eigenvalue weighted by Gasteiger charge is 2.16. The molecule has 1 N–H and O–H groups in total. The summed E-state index contributed by atoms with van der Waals surface area (Å²) in [6.45, 7) is 2.26. The van der Waals surface area contributed by atoms with Crippen molar-refractivity contribution in [3.8, 4) is 0 Å². The lowest BCUT2D eigenvalue weighted by Gasteiger charge is -2.23. The van der Waals surface area contributed by atoms with Crippen LogP contribution in [0.2, 0.25) is 0 Å². The monoisotopic (exact) mass is 126 g/mol. The van der Waals surface area contributed by atoms with E-state index in [4.69, 9.17) is 5.73 Å². The van der Waals surface area contributed by atoms with E-state index in [1.807, 2.05) is 0 Å². The van der Waals surface area contributed by atoms with E-state index in [1.165, 1.54) is 19.3 Å². The van der Waals surface area contributed by atoms with Crippen LogP contribution >= 0.6 is 0 Å². The van der Waals surface area contributed by atoms with Gasteiger partial charge in [-0.2, -0.15) is 0 Å². The second kappa shape index (κ2) is 3.21. The topological polar surface area (TPSA) is 23.8 Å². The van der Waals surface area contributed by atoms with Gasteiger partial charge in [0.05, 0.1) is 0 Å². The molecule has 9 heavy (non-hydrogen) atoms. The summed E-state index contributed by atoms with van der Waals surface area (Å²) in [7, 11) is 0. The molecule has 0 aromatic carbocycles. The molecule has 1 aliphatic carbocycles. The van der Waals surface area contributed by atoms with Crippen molar-refractivity contribution in [3.63, 3.8) is 0 Å². The number of rotatable bonds is 1.